The van der Waals surface area contributed by atoms with Gasteiger partial charge < -0.3 is 0 Å². The molecule has 0 N–H and O–H groups in total. The first-order valence-electron chi connectivity index (χ1n) is 7.18. The molecular weight excluding hydrogens is 256 g/mol. The fourth-order valence-corrected chi connectivity index (χ4v) is 2.46. The second kappa shape index (κ2) is 5.88. The Morgan fingerprint density at radius 3 is 2.67 bits per heavy atom. The van der Waals surface area contributed by atoms with Crippen LogP contribution in [-0.4, -0.2) is 11.2 Å². The Morgan fingerprint density at radius 1 is 0.952 bits per heavy atom. The zero-order valence-electron chi connectivity index (χ0n) is 12.3. The number of hydrogen-bond acceptors (Lipinski definition) is 2. The van der Waals surface area contributed by atoms with E-state index in [0.717, 1.165) is 11.2 Å². The third-order valence-electron chi connectivity index (χ3n) is 3.62. The van der Waals surface area contributed by atoms with Gasteiger partial charge in [-0.2, -0.15) is 0 Å². The Balaban J connectivity index is 0.000000126. The summed E-state index contributed by atoms with van der Waals surface area (Å²) in [6.07, 6.45) is 3.81. The van der Waals surface area contributed by atoms with Gasteiger partial charge >= 0.3 is 0 Å². The van der Waals surface area contributed by atoms with E-state index < -0.39 is 0 Å². The molecule has 0 amide bonds. The summed E-state index contributed by atoms with van der Waals surface area (Å²) in [6.45, 7) is 4.25. The van der Waals surface area contributed by atoms with E-state index in [9.17, 15) is 0 Å². The minimum absolute atomic E-state index is 0.510. The average molecular weight is 274 g/mol. The molecule has 2 nitrogen and oxygen atoms in total. The first-order chi connectivity index (χ1) is 10.2. The number of aryl methyl sites for hydroxylation is 1. The second-order valence-electron chi connectivity index (χ2n) is 5.33. The van der Waals surface area contributed by atoms with Gasteiger partial charge in [0.15, 0.2) is 0 Å². The molecule has 1 aromatic heterocycles. The van der Waals surface area contributed by atoms with Crippen LogP contribution >= 0.6 is 0 Å². The van der Waals surface area contributed by atoms with Gasteiger partial charge in [-0.1, -0.05) is 42.8 Å². The van der Waals surface area contributed by atoms with Crippen molar-refractivity contribution in [1.82, 2.24) is 4.98 Å². The minimum atomic E-state index is 0.510. The van der Waals surface area contributed by atoms with E-state index in [-0.39, 0.29) is 0 Å². The highest BCUT2D eigenvalue weighted by Crippen LogP contribution is 2.30. The van der Waals surface area contributed by atoms with E-state index in [2.05, 4.69) is 60.2 Å². The molecule has 4 rings (SSSR count). The normalized spacial score (nSPS) is 15.4. The maximum Gasteiger partial charge on any atom is 0.0702 e. The van der Waals surface area contributed by atoms with E-state index in [1.54, 1.807) is 0 Å². The van der Waals surface area contributed by atoms with Crippen LogP contribution in [0.25, 0.3) is 10.9 Å². The molecule has 2 heterocycles. The number of aliphatic imine (C=N–C) groups is 1. The van der Waals surface area contributed by atoms with E-state index >= 15 is 0 Å². The predicted molar refractivity (Wildman–Crippen MR) is 89.5 cm³/mol. The van der Waals surface area contributed by atoms with E-state index in [0.29, 0.717) is 5.92 Å². The fraction of sp³-hybridized carbons (Fsp3) is 0.158. The SMILES string of the molecule is CC1C=Nc2ccccc21.Cc1ccc2ncccc2c1. The minimum Gasteiger partial charge on any atom is -0.260 e. The first kappa shape index (κ1) is 13.5. The zero-order valence-corrected chi connectivity index (χ0v) is 12.3. The maximum atomic E-state index is 4.26. The van der Waals surface area contributed by atoms with Gasteiger partial charge in [-0.05, 0) is 36.8 Å². The van der Waals surface area contributed by atoms with Crippen molar-refractivity contribution in [2.45, 2.75) is 19.8 Å². The van der Waals surface area contributed by atoms with Gasteiger partial charge in [0, 0.05) is 23.7 Å². The van der Waals surface area contributed by atoms with Gasteiger partial charge in [-0.15, -0.1) is 0 Å². The molecule has 0 saturated heterocycles. The van der Waals surface area contributed by atoms with Crippen LogP contribution in [0.4, 0.5) is 5.69 Å². The summed E-state index contributed by atoms with van der Waals surface area (Å²) >= 11 is 0. The molecule has 0 aliphatic carbocycles. The van der Waals surface area contributed by atoms with Crippen molar-refractivity contribution in [3.8, 4) is 0 Å². The number of fused-ring (bicyclic) bond motifs is 2. The quantitative estimate of drug-likeness (QED) is 0.563. The van der Waals surface area contributed by atoms with Gasteiger partial charge in [0.1, 0.15) is 0 Å². The largest absolute Gasteiger partial charge is 0.260 e. The number of aromatic nitrogens is 1. The predicted octanol–water partition coefficient (Wildman–Crippen LogP) is 5.05. The Bertz CT molecular complexity index is 790. The summed E-state index contributed by atoms with van der Waals surface area (Å²) < 4.78 is 0. The highest BCUT2D eigenvalue weighted by Gasteiger charge is 2.11. The van der Waals surface area contributed by atoms with Crippen molar-refractivity contribution >= 4 is 22.8 Å². The van der Waals surface area contributed by atoms with Crippen LogP contribution in [0.1, 0.15) is 24.0 Å². The first-order valence-corrected chi connectivity index (χ1v) is 7.18. The van der Waals surface area contributed by atoms with Crippen molar-refractivity contribution in [3.05, 3.63) is 71.9 Å². The third-order valence-corrected chi connectivity index (χ3v) is 3.62. The standard InChI is InChI=1S/C10H9N.C9H9N/c1-8-4-5-10-9(7-8)3-2-6-11-10;1-7-6-10-9-5-3-2-4-8(7)9/h2-7H,1H3;2-7H,1H3. The number of pyridine rings is 1. The number of para-hydroxylation sites is 1. The summed E-state index contributed by atoms with van der Waals surface area (Å²) in [4.78, 5) is 8.48. The maximum absolute atomic E-state index is 4.26. The third kappa shape index (κ3) is 3.00. The lowest BCUT2D eigenvalue weighted by molar-refractivity contribution is 1.08. The van der Waals surface area contributed by atoms with Gasteiger partial charge in [-0.3, -0.25) is 9.98 Å². The van der Waals surface area contributed by atoms with Gasteiger partial charge in [0.2, 0.25) is 0 Å². The molecule has 1 aliphatic rings. The van der Waals surface area contributed by atoms with Crippen LogP contribution < -0.4 is 0 Å². The Morgan fingerprint density at radius 2 is 1.81 bits per heavy atom. The molecule has 2 aromatic carbocycles. The number of rotatable bonds is 0. The lowest BCUT2D eigenvalue weighted by Gasteiger charge is -1.99. The van der Waals surface area contributed by atoms with Crippen LogP contribution in [0.15, 0.2) is 65.8 Å². The monoisotopic (exact) mass is 274 g/mol. The van der Waals surface area contributed by atoms with Crippen molar-refractivity contribution in [3.63, 3.8) is 0 Å². The molecule has 0 bridgehead atoms. The van der Waals surface area contributed by atoms with Gasteiger partial charge in [0.05, 0.1) is 11.2 Å². The molecule has 0 saturated carbocycles. The molecule has 1 aliphatic heterocycles. The lowest BCUT2D eigenvalue weighted by Crippen LogP contribution is -1.86. The number of benzene rings is 2. The van der Waals surface area contributed by atoms with E-state index in [1.807, 2.05) is 30.6 Å². The lowest BCUT2D eigenvalue weighted by atomic mass is 10.0. The smallest absolute Gasteiger partial charge is 0.0702 e. The Hall–Kier alpha value is -2.48. The van der Waals surface area contributed by atoms with Gasteiger partial charge in [-0.25, -0.2) is 0 Å². The molecule has 3 aromatic rings. The van der Waals surface area contributed by atoms with Crippen molar-refractivity contribution < 1.29 is 0 Å². The Kier molecular flexibility index (Phi) is 3.78. The highest BCUT2D eigenvalue weighted by molar-refractivity contribution is 5.80. The average Bonchev–Trinajstić information content (AvgIpc) is 2.90. The van der Waals surface area contributed by atoms with E-state index in [1.165, 1.54) is 16.5 Å². The summed E-state index contributed by atoms with van der Waals surface area (Å²) in [5, 5.41) is 1.22. The number of nitrogens with zero attached hydrogens (tertiary/aromatic N) is 2. The van der Waals surface area contributed by atoms with Gasteiger partial charge in [0.25, 0.3) is 0 Å². The Labute approximate surface area is 125 Å². The molecular formula is C19H18N2. The van der Waals surface area contributed by atoms with Crippen molar-refractivity contribution in [2.75, 3.05) is 0 Å². The zero-order chi connectivity index (χ0) is 14.7. The molecule has 0 fully saturated rings. The molecule has 21 heavy (non-hydrogen) atoms. The van der Waals surface area contributed by atoms with E-state index in [4.69, 9.17) is 0 Å². The molecule has 0 radical (unpaired) electrons. The number of hydrogen-bond donors (Lipinski definition) is 0. The summed E-state index contributed by atoms with van der Waals surface area (Å²) in [7, 11) is 0. The van der Waals surface area contributed by atoms with Crippen LogP contribution in [0.5, 0.6) is 0 Å². The molecule has 2 heteroatoms. The molecule has 1 unspecified atom stereocenters. The van der Waals surface area contributed by atoms with Crippen molar-refractivity contribution in [1.29, 1.82) is 0 Å². The molecule has 104 valence electrons. The summed E-state index contributed by atoms with van der Waals surface area (Å²) in [6, 6.07) is 18.6. The van der Waals surface area contributed by atoms with Crippen LogP contribution in [0, 0.1) is 6.92 Å². The van der Waals surface area contributed by atoms with Crippen LogP contribution in [0.3, 0.4) is 0 Å². The fourth-order valence-electron chi connectivity index (χ4n) is 2.46. The molecule has 0 spiro atoms. The molecule has 1 atom stereocenters. The second-order valence-corrected chi connectivity index (χ2v) is 5.33. The van der Waals surface area contributed by atoms with Crippen molar-refractivity contribution in [2.24, 2.45) is 4.99 Å². The van der Waals surface area contributed by atoms with Crippen LogP contribution in [-0.2, 0) is 0 Å². The van der Waals surface area contributed by atoms with Crippen LogP contribution in [0.2, 0.25) is 0 Å². The summed E-state index contributed by atoms with van der Waals surface area (Å²) in [5.74, 6) is 0.510. The summed E-state index contributed by atoms with van der Waals surface area (Å²) in [5.41, 5.74) is 4.83. The highest BCUT2D eigenvalue weighted by atomic mass is 14.8. The topological polar surface area (TPSA) is 25.2 Å².